The zero-order chi connectivity index (χ0) is 19.4. The van der Waals surface area contributed by atoms with E-state index >= 15 is 0 Å². The molecule has 1 aromatic carbocycles. The molecule has 0 unspecified atom stereocenters. The molecule has 0 spiro atoms. The summed E-state index contributed by atoms with van der Waals surface area (Å²) in [4.78, 5) is 16.8. The summed E-state index contributed by atoms with van der Waals surface area (Å²) in [5.41, 5.74) is 1.33. The van der Waals surface area contributed by atoms with E-state index in [4.69, 9.17) is 4.74 Å². The molecule has 2 aliphatic heterocycles. The largest absolute Gasteiger partial charge is 0.379 e. The third kappa shape index (κ3) is 5.70. The average molecular weight is 412 g/mol. The van der Waals surface area contributed by atoms with Crippen molar-refractivity contribution in [2.75, 3.05) is 30.0 Å². The number of ether oxygens (including phenoxy) is 1. The van der Waals surface area contributed by atoms with Gasteiger partial charge >= 0.3 is 0 Å². The minimum Gasteiger partial charge on any atom is -0.379 e. The van der Waals surface area contributed by atoms with Crippen LogP contribution in [0.25, 0.3) is 0 Å². The molecule has 2 heterocycles. The molecule has 2 atom stereocenters. The Bertz CT molecular complexity index is 824. The van der Waals surface area contributed by atoms with Crippen molar-refractivity contribution in [3.63, 3.8) is 0 Å². The third-order valence-electron chi connectivity index (χ3n) is 4.25. The minimum atomic E-state index is -2.96. The monoisotopic (exact) mass is 411 g/mol. The van der Waals surface area contributed by atoms with Crippen molar-refractivity contribution >= 4 is 38.4 Å². The van der Waals surface area contributed by atoms with Crippen molar-refractivity contribution < 1.29 is 17.9 Å². The molecular formula is C18H25N3O4S2. The molecule has 0 aliphatic carbocycles. The maximum Gasteiger partial charge on any atom is 0.251 e. The number of aliphatic imine (C=N–C) groups is 1. The number of benzene rings is 1. The first-order chi connectivity index (χ1) is 12.8. The summed E-state index contributed by atoms with van der Waals surface area (Å²) in [5, 5.41) is 6.79. The van der Waals surface area contributed by atoms with E-state index in [-0.39, 0.29) is 34.8 Å². The molecule has 0 bridgehead atoms. The van der Waals surface area contributed by atoms with Crippen LogP contribution >= 0.6 is 11.8 Å². The number of rotatable bonds is 7. The molecule has 1 aromatic rings. The van der Waals surface area contributed by atoms with Crippen molar-refractivity contribution in [2.24, 2.45) is 4.99 Å². The van der Waals surface area contributed by atoms with Crippen LogP contribution in [0.1, 0.15) is 30.6 Å². The van der Waals surface area contributed by atoms with Gasteiger partial charge in [-0.25, -0.2) is 8.42 Å². The van der Waals surface area contributed by atoms with Gasteiger partial charge in [0.15, 0.2) is 15.0 Å². The standard InChI is InChI=1S/C18H25N3O4S2/c1-12(2)25-8-4-7-19-17(22)13-5-3-6-14(9-13)20-18-21-15-10-27(23,24)11-16(15)26-18/h3,5-6,9,12,15-16H,4,7-8,10-11H2,1-2H3,(H,19,22)(H,20,21)/t15-,16-/m1/s1. The van der Waals surface area contributed by atoms with E-state index in [0.29, 0.717) is 23.9 Å². The van der Waals surface area contributed by atoms with Crippen LogP contribution in [-0.2, 0) is 14.6 Å². The van der Waals surface area contributed by atoms with Gasteiger partial charge in [-0.05, 0) is 38.5 Å². The minimum absolute atomic E-state index is 0.00274. The summed E-state index contributed by atoms with van der Waals surface area (Å²) in [6.45, 7) is 5.14. The molecule has 2 N–H and O–H groups in total. The second kappa shape index (κ2) is 8.62. The molecule has 1 amide bonds. The fourth-order valence-corrected chi connectivity index (χ4v) is 6.65. The summed E-state index contributed by atoms with van der Waals surface area (Å²) < 4.78 is 28.7. The van der Waals surface area contributed by atoms with Crippen LogP contribution in [0.2, 0.25) is 0 Å². The van der Waals surface area contributed by atoms with Gasteiger partial charge in [0.25, 0.3) is 5.91 Å². The van der Waals surface area contributed by atoms with Crippen molar-refractivity contribution in [3.8, 4) is 0 Å². The number of thioether (sulfide) groups is 1. The number of hydrogen-bond acceptors (Lipinski definition) is 7. The van der Waals surface area contributed by atoms with Crippen LogP contribution < -0.4 is 10.6 Å². The molecule has 1 fully saturated rings. The highest BCUT2D eigenvalue weighted by atomic mass is 32.2. The van der Waals surface area contributed by atoms with E-state index in [1.54, 1.807) is 12.1 Å². The van der Waals surface area contributed by atoms with Gasteiger partial charge in [0.2, 0.25) is 0 Å². The SMILES string of the molecule is CC(C)OCCCNC(=O)c1cccc(NC2=N[C@@H]3CS(=O)(=O)C[C@H]3S2)c1. The Kier molecular flexibility index (Phi) is 6.44. The van der Waals surface area contributed by atoms with Gasteiger partial charge in [0.05, 0.1) is 23.7 Å². The van der Waals surface area contributed by atoms with Crippen LogP contribution in [0, 0.1) is 0 Å². The number of amidine groups is 1. The van der Waals surface area contributed by atoms with Crippen LogP contribution in [0.15, 0.2) is 29.3 Å². The van der Waals surface area contributed by atoms with Crippen LogP contribution in [-0.4, -0.2) is 61.5 Å². The van der Waals surface area contributed by atoms with E-state index in [9.17, 15) is 13.2 Å². The van der Waals surface area contributed by atoms with Crippen molar-refractivity contribution in [3.05, 3.63) is 29.8 Å². The Morgan fingerprint density at radius 1 is 1.37 bits per heavy atom. The summed E-state index contributed by atoms with van der Waals surface area (Å²) in [7, 11) is -2.96. The maximum absolute atomic E-state index is 12.3. The number of carbonyl (C=O) groups is 1. The van der Waals surface area contributed by atoms with Gasteiger partial charge in [0.1, 0.15) is 0 Å². The summed E-state index contributed by atoms with van der Waals surface area (Å²) >= 11 is 1.46. The molecule has 0 radical (unpaired) electrons. The van der Waals surface area contributed by atoms with Crippen LogP contribution in [0.4, 0.5) is 5.69 Å². The number of fused-ring (bicyclic) bond motifs is 1. The number of amides is 1. The maximum atomic E-state index is 12.3. The van der Waals surface area contributed by atoms with E-state index in [2.05, 4.69) is 15.6 Å². The van der Waals surface area contributed by atoms with Crippen molar-refractivity contribution in [1.29, 1.82) is 0 Å². The molecule has 0 aromatic heterocycles. The highest BCUT2D eigenvalue weighted by molar-refractivity contribution is 8.15. The third-order valence-corrected chi connectivity index (χ3v) is 7.39. The number of sulfone groups is 1. The Balaban J connectivity index is 1.51. The Labute approximate surface area is 164 Å². The lowest BCUT2D eigenvalue weighted by molar-refractivity contribution is 0.0757. The molecule has 7 nitrogen and oxygen atoms in total. The molecule has 1 saturated heterocycles. The lowest BCUT2D eigenvalue weighted by atomic mass is 10.2. The number of nitrogens with zero attached hydrogens (tertiary/aromatic N) is 1. The van der Waals surface area contributed by atoms with E-state index in [1.165, 1.54) is 11.8 Å². The van der Waals surface area contributed by atoms with Crippen LogP contribution in [0.3, 0.4) is 0 Å². The zero-order valence-corrected chi connectivity index (χ0v) is 17.1. The first-order valence-corrected chi connectivity index (χ1v) is 11.7. The fraction of sp³-hybridized carbons (Fsp3) is 0.556. The van der Waals surface area contributed by atoms with Gasteiger partial charge < -0.3 is 15.4 Å². The Morgan fingerprint density at radius 3 is 2.93 bits per heavy atom. The molecule has 3 rings (SSSR count). The van der Waals surface area contributed by atoms with Gasteiger partial charge in [-0.2, -0.15) is 0 Å². The number of carbonyl (C=O) groups excluding carboxylic acids is 1. The number of hydrogen-bond donors (Lipinski definition) is 2. The normalized spacial score (nSPS) is 23.1. The van der Waals surface area contributed by atoms with Gasteiger partial charge in [0, 0.05) is 29.7 Å². The second-order valence-corrected chi connectivity index (χ2v) is 10.4. The summed E-state index contributed by atoms with van der Waals surface area (Å²) in [6.07, 6.45) is 0.959. The summed E-state index contributed by atoms with van der Waals surface area (Å²) in [5.74, 6) is 0.172. The number of nitrogens with one attached hydrogen (secondary N) is 2. The van der Waals surface area contributed by atoms with Crippen molar-refractivity contribution in [1.82, 2.24) is 5.32 Å². The predicted octanol–water partition coefficient (Wildman–Crippen LogP) is 1.91. The lowest BCUT2D eigenvalue weighted by Gasteiger charge is -2.10. The average Bonchev–Trinajstić information content (AvgIpc) is 3.06. The van der Waals surface area contributed by atoms with Gasteiger partial charge in [-0.15, -0.1) is 0 Å². The lowest BCUT2D eigenvalue weighted by Crippen LogP contribution is -2.25. The van der Waals surface area contributed by atoms with E-state index in [1.807, 2.05) is 26.0 Å². The molecular weight excluding hydrogens is 386 g/mol. The van der Waals surface area contributed by atoms with Crippen LogP contribution in [0.5, 0.6) is 0 Å². The van der Waals surface area contributed by atoms with Gasteiger partial charge in [-0.1, -0.05) is 17.8 Å². The molecule has 0 saturated carbocycles. The van der Waals surface area contributed by atoms with E-state index < -0.39 is 9.84 Å². The summed E-state index contributed by atoms with van der Waals surface area (Å²) in [6, 6.07) is 7.04. The first-order valence-electron chi connectivity index (χ1n) is 9.04. The van der Waals surface area contributed by atoms with Gasteiger partial charge in [-0.3, -0.25) is 9.79 Å². The molecule has 148 valence electrons. The zero-order valence-electron chi connectivity index (χ0n) is 15.5. The molecule has 27 heavy (non-hydrogen) atoms. The second-order valence-electron chi connectivity index (χ2n) is 6.97. The molecule has 9 heteroatoms. The highest BCUT2D eigenvalue weighted by Crippen LogP contribution is 2.34. The Morgan fingerprint density at radius 2 is 2.19 bits per heavy atom. The topological polar surface area (TPSA) is 96.9 Å². The fourth-order valence-electron chi connectivity index (χ4n) is 2.97. The van der Waals surface area contributed by atoms with Crippen molar-refractivity contribution in [2.45, 2.75) is 37.7 Å². The smallest absolute Gasteiger partial charge is 0.251 e. The quantitative estimate of drug-likeness (QED) is 0.666. The predicted molar refractivity (Wildman–Crippen MR) is 109 cm³/mol. The Hall–Kier alpha value is -1.58. The first kappa shape index (κ1) is 20.2. The highest BCUT2D eigenvalue weighted by Gasteiger charge is 2.42. The molecule has 2 aliphatic rings. The van der Waals surface area contributed by atoms with E-state index in [0.717, 1.165) is 12.1 Å². The number of anilines is 1.